The van der Waals surface area contributed by atoms with E-state index < -0.39 is 0 Å². The lowest BCUT2D eigenvalue weighted by atomic mass is 10.1. The maximum atomic E-state index is 12.3. The van der Waals surface area contributed by atoms with E-state index in [9.17, 15) is 4.79 Å². The molecule has 1 aliphatic heterocycles. The molecule has 3 rings (SSSR count). The first-order valence-corrected chi connectivity index (χ1v) is 7.08. The molecule has 1 atom stereocenters. The van der Waals surface area contributed by atoms with E-state index in [1.807, 2.05) is 30.3 Å². The summed E-state index contributed by atoms with van der Waals surface area (Å²) in [6.45, 7) is 1.26. The van der Waals surface area contributed by atoms with Gasteiger partial charge in [-0.1, -0.05) is 24.3 Å². The molecule has 1 aromatic carbocycles. The van der Waals surface area contributed by atoms with Crippen molar-refractivity contribution in [1.82, 2.24) is 15.2 Å². The van der Waals surface area contributed by atoms with Crippen LogP contribution in [0.15, 0.2) is 36.5 Å². The first kappa shape index (κ1) is 13.4. The first-order valence-electron chi connectivity index (χ1n) is 7.08. The van der Waals surface area contributed by atoms with Gasteiger partial charge in [-0.2, -0.15) is 5.26 Å². The highest BCUT2D eigenvalue weighted by Gasteiger charge is 2.24. The van der Waals surface area contributed by atoms with Crippen molar-refractivity contribution in [2.45, 2.75) is 18.9 Å². The standard InChI is InChI=1S/C16H16N4O/c17-11-20-9-3-5-13(20)10-19-16(21)15-14-6-2-1-4-12(14)7-8-18-15/h1-2,4,6-8,13H,3,5,9-10H2,(H,19,21)/t13-/m1/s1. The number of pyridine rings is 1. The van der Waals surface area contributed by atoms with Crippen LogP contribution in [0, 0.1) is 11.5 Å². The fraction of sp³-hybridized carbons (Fsp3) is 0.312. The molecule has 2 heterocycles. The van der Waals surface area contributed by atoms with Crippen LogP contribution in [0.5, 0.6) is 0 Å². The van der Waals surface area contributed by atoms with Crippen LogP contribution in [-0.4, -0.2) is 34.9 Å². The Bertz CT molecular complexity index is 701. The Morgan fingerprint density at radius 3 is 3.14 bits per heavy atom. The largest absolute Gasteiger partial charge is 0.349 e. The van der Waals surface area contributed by atoms with Gasteiger partial charge in [-0.15, -0.1) is 0 Å². The Hall–Kier alpha value is -2.61. The zero-order valence-electron chi connectivity index (χ0n) is 11.6. The molecule has 1 N–H and O–H groups in total. The number of hydrogen-bond donors (Lipinski definition) is 1. The summed E-state index contributed by atoms with van der Waals surface area (Å²) in [5.74, 6) is -0.184. The topological polar surface area (TPSA) is 69.0 Å². The lowest BCUT2D eigenvalue weighted by molar-refractivity contribution is 0.0942. The molecule has 1 aliphatic rings. The minimum atomic E-state index is -0.184. The molecule has 5 nitrogen and oxygen atoms in total. The van der Waals surface area contributed by atoms with Crippen molar-refractivity contribution in [3.63, 3.8) is 0 Å². The number of nitrogens with zero attached hydrogens (tertiary/aromatic N) is 3. The molecule has 106 valence electrons. The normalized spacial score (nSPS) is 17.7. The van der Waals surface area contributed by atoms with Gasteiger partial charge in [0, 0.05) is 24.7 Å². The molecule has 0 spiro atoms. The van der Waals surface area contributed by atoms with Gasteiger partial charge < -0.3 is 10.2 Å². The molecule has 0 radical (unpaired) electrons. The van der Waals surface area contributed by atoms with Crippen molar-refractivity contribution in [2.24, 2.45) is 0 Å². The highest BCUT2D eigenvalue weighted by atomic mass is 16.1. The fourth-order valence-electron chi connectivity index (χ4n) is 2.77. The number of nitrogens with one attached hydrogen (secondary N) is 1. The van der Waals surface area contributed by atoms with Crippen LogP contribution >= 0.6 is 0 Å². The van der Waals surface area contributed by atoms with Crippen LogP contribution in [0.2, 0.25) is 0 Å². The highest BCUT2D eigenvalue weighted by Crippen LogP contribution is 2.17. The van der Waals surface area contributed by atoms with Gasteiger partial charge in [0.15, 0.2) is 6.19 Å². The Morgan fingerprint density at radius 2 is 2.29 bits per heavy atom. The number of hydrogen-bond acceptors (Lipinski definition) is 4. The number of likely N-dealkylation sites (tertiary alicyclic amines) is 1. The number of benzene rings is 1. The lowest BCUT2D eigenvalue weighted by Gasteiger charge is -2.18. The summed E-state index contributed by atoms with van der Waals surface area (Å²) >= 11 is 0. The zero-order valence-corrected chi connectivity index (χ0v) is 11.6. The van der Waals surface area contributed by atoms with Crippen molar-refractivity contribution in [3.05, 3.63) is 42.2 Å². The van der Waals surface area contributed by atoms with E-state index in [0.29, 0.717) is 12.2 Å². The van der Waals surface area contributed by atoms with Gasteiger partial charge in [0.1, 0.15) is 5.69 Å². The van der Waals surface area contributed by atoms with E-state index in [1.54, 1.807) is 11.1 Å². The molecule has 1 amide bonds. The molecule has 1 fully saturated rings. The monoisotopic (exact) mass is 280 g/mol. The zero-order chi connectivity index (χ0) is 14.7. The van der Waals surface area contributed by atoms with Crippen molar-refractivity contribution in [3.8, 4) is 6.19 Å². The highest BCUT2D eigenvalue weighted by molar-refractivity contribution is 6.05. The van der Waals surface area contributed by atoms with Crippen LogP contribution in [0.25, 0.3) is 10.8 Å². The third-order valence-electron chi connectivity index (χ3n) is 3.89. The number of fused-ring (bicyclic) bond motifs is 1. The second kappa shape index (κ2) is 5.80. The number of nitriles is 1. The van der Waals surface area contributed by atoms with E-state index in [-0.39, 0.29) is 11.9 Å². The van der Waals surface area contributed by atoms with Gasteiger partial charge in [-0.05, 0) is 24.3 Å². The number of carbonyl (C=O) groups is 1. The minimum Gasteiger partial charge on any atom is -0.349 e. The smallest absolute Gasteiger partial charge is 0.270 e. The SMILES string of the molecule is N#CN1CCC[C@@H]1CNC(=O)c1nccc2ccccc12. The van der Waals surface area contributed by atoms with Crippen molar-refractivity contribution in [2.75, 3.05) is 13.1 Å². The van der Waals surface area contributed by atoms with Gasteiger partial charge in [-0.3, -0.25) is 9.78 Å². The van der Waals surface area contributed by atoms with Crippen molar-refractivity contribution >= 4 is 16.7 Å². The number of rotatable bonds is 3. The third kappa shape index (κ3) is 2.65. The van der Waals surface area contributed by atoms with E-state index in [4.69, 9.17) is 5.26 Å². The second-order valence-corrected chi connectivity index (χ2v) is 5.18. The molecule has 1 aromatic heterocycles. The van der Waals surface area contributed by atoms with Gasteiger partial charge in [0.25, 0.3) is 5.91 Å². The van der Waals surface area contributed by atoms with Crippen LogP contribution in [0.4, 0.5) is 0 Å². The van der Waals surface area contributed by atoms with Gasteiger partial charge in [0.2, 0.25) is 0 Å². The molecular formula is C16H16N4O. The molecule has 0 unspecified atom stereocenters. The molecule has 0 saturated carbocycles. The summed E-state index contributed by atoms with van der Waals surface area (Å²) in [7, 11) is 0. The number of aromatic nitrogens is 1. The van der Waals surface area contributed by atoms with E-state index >= 15 is 0 Å². The molecule has 0 aliphatic carbocycles. The lowest BCUT2D eigenvalue weighted by Crippen LogP contribution is -2.38. The first-order chi connectivity index (χ1) is 10.3. The van der Waals surface area contributed by atoms with Crippen LogP contribution < -0.4 is 5.32 Å². The maximum absolute atomic E-state index is 12.3. The van der Waals surface area contributed by atoms with Crippen LogP contribution in [0.3, 0.4) is 0 Å². The fourth-order valence-corrected chi connectivity index (χ4v) is 2.77. The summed E-state index contributed by atoms with van der Waals surface area (Å²) in [6.07, 6.45) is 5.76. The second-order valence-electron chi connectivity index (χ2n) is 5.18. The molecule has 1 saturated heterocycles. The quantitative estimate of drug-likeness (QED) is 0.872. The number of amides is 1. The summed E-state index contributed by atoms with van der Waals surface area (Å²) in [4.78, 5) is 18.3. The predicted octanol–water partition coefficient (Wildman–Crippen LogP) is 1.91. The van der Waals surface area contributed by atoms with Gasteiger partial charge >= 0.3 is 0 Å². The van der Waals surface area contributed by atoms with Crippen molar-refractivity contribution < 1.29 is 4.79 Å². The molecule has 0 bridgehead atoms. The average Bonchev–Trinajstić information content (AvgIpc) is 2.99. The Balaban J connectivity index is 1.74. The minimum absolute atomic E-state index is 0.105. The van der Waals surface area contributed by atoms with E-state index in [2.05, 4.69) is 16.5 Å². The van der Waals surface area contributed by atoms with Gasteiger partial charge in [-0.25, -0.2) is 0 Å². The Labute approximate surface area is 123 Å². The summed E-state index contributed by atoms with van der Waals surface area (Å²) in [5, 5.41) is 13.8. The maximum Gasteiger partial charge on any atom is 0.270 e. The molecule has 21 heavy (non-hydrogen) atoms. The third-order valence-corrected chi connectivity index (χ3v) is 3.89. The molecular weight excluding hydrogens is 264 g/mol. The van der Waals surface area contributed by atoms with Crippen molar-refractivity contribution in [1.29, 1.82) is 5.26 Å². The average molecular weight is 280 g/mol. The predicted molar refractivity (Wildman–Crippen MR) is 79.4 cm³/mol. The van der Waals surface area contributed by atoms with E-state index in [0.717, 1.165) is 30.2 Å². The van der Waals surface area contributed by atoms with E-state index in [1.165, 1.54) is 0 Å². The summed E-state index contributed by atoms with van der Waals surface area (Å²) in [6, 6.07) is 9.69. The Morgan fingerprint density at radius 1 is 1.43 bits per heavy atom. The molecule has 5 heteroatoms. The molecule has 2 aromatic rings. The van der Waals surface area contributed by atoms with Gasteiger partial charge in [0.05, 0.1) is 6.04 Å². The van der Waals surface area contributed by atoms with Crippen LogP contribution in [0.1, 0.15) is 23.3 Å². The summed E-state index contributed by atoms with van der Waals surface area (Å²) < 4.78 is 0. The van der Waals surface area contributed by atoms with Crippen LogP contribution in [-0.2, 0) is 0 Å². The Kier molecular flexibility index (Phi) is 3.69. The number of carbonyl (C=O) groups excluding carboxylic acids is 1. The summed E-state index contributed by atoms with van der Waals surface area (Å²) in [5.41, 5.74) is 0.439.